The van der Waals surface area contributed by atoms with Gasteiger partial charge in [0.25, 0.3) is 0 Å². The molecule has 1 unspecified atom stereocenters. The van der Waals surface area contributed by atoms with E-state index < -0.39 is 10.7 Å². The highest BCUT2D eigenvalue weighted by molar-refractivity contribution is 6.23. The minimum atomic E-state index is -1.36. The van der Waals surface area contributed by atoms with Crippen molar-refractivity contribution in [3.05, 3.63) is 12.2 Å². The summed E-state index contributed by atoms with van der Waals surface area (Å²) in [6, 6.07) is 0. The van der Waals surface area contributed by atoms with Crippen LogP contribution in [0.3, 0.4) is 0 Å². The average Bonchev–Trinajstić information content (AvgIpc) is 1.57. The standard InChI is InChI=1S/C7H13ClO2/c1-6(2,9)4-5-7(3,8)10/h4-5,9-10H,1-3H3. The first-order valence-electron chi connectivity index (χ1n) is 3.05. The van der Waals surface area contributed by atoms with Crippen LogP contribution >= 0.6 is 11.6 Å². The predicted octanol–water partition coefficient (Wildman–Crippen LogP) is 1.26. The minimum absolute atomic E-state index is 0.918. The fourth-order valence-electron chi connectivity index (χ4n) is 0.356. The van der Waals surface area contributed by atoms with Crippen molar-refractivity contribution >= 4 is 11.6 Å². The Kier molecular flexibility index (Phi) is 2.89. The van der Waals surface area contributed by atoms with E-state index in [4.69, 9.17) is 21.8 Å². The molecule has 3 heteroatoms. The average molecular weight is 165 g/mol. The molecular formula is C7H13ClO2. The van der Waals surface area contributed by atoms with Crippen LogP contribution in [0.4, 0.5) is 0 Å². The fourth-order valence-corrected chi connectivity index (χ4v) is 0.419. The normalized spacial score (nSPS) is 19.4. The Morgan fingerprint density at radius 3 is 1.60 bits per heavy atom. The molecule has 0 saturated carbocycles. The Hall–Kier alpha value is -0.0500. The van der Waals surface area contributed by atoms with Crippen LogP contribution in [0.15, 0.2) is 12.2 Å². The summed E-state index contributed by atoms with van der Waals surface area (Å²) in [5.41, 5.74) is -0.918. The Morgan fingerprint density at radius 1 is 1.10 bits per heavy atom. The first-order valence-corrected chi connectivity index (χ1v) is 3.42. The molecule has 0 aliphatic heterocycles. The van der Waals surface area contributed by atoms with Gasteiger partial charge in [0.15, 0.2) is 5.06 Å². The molecule has 0 aliphatic rings. The fraction of sp³-hybridized carbons (Fsp3) is 0.714. The number of hydrogen-bond acceptors (Lipinski definition) is 2. The van der Waals surface area contributed by atoms with Gasteiger partial charge in [0.05, 0.1) is 5.60 Å². The van der Waals surface area contributed by atoms with Crippen LogP contribution in [0.5, 0.6) is 0 Å². The van der Waals surface area contributed by atoms with Gasteiger partial charge in [-0.1, -0.05) is 17.7 Å². The van der Waals surface area contributed by atoms with E-state index in [-0.39, 0.29) is 0 Å². The van der Waals surface area contributed by atoms with Gasteiger partial charge in [0.1, 0.15) is 0 Å². The molecule has 0 aromatic rings. The first kappa shape index (κ1) is 9.95. The van der Waals surface area contributed by atoms with Crippen molar-refractivity contribution in [1.82, 2.24) is 0 Å². The summed E-state index contributed by atoms with van der Waals surface area (Å²) in [6.45, 7) is 4.63. The molecule has 0 radical (unpaired) electrons. The summed E-state index contributed by atoms with van der Waals surface area (Å²) in [5, 5.41) is 16.7. The molecular weight excluding hydrogens is 152 g/mol. The monoisotopic (exact) mass is 164 g/mol. The molecule has 2 N–H and O–H groups in total. The zero-order valence-corrected chi connectivity index (χ0v) is 7.18. The Balaban J connectivity index is 4.01. The van der Waals surface area contributed by atoms with Crippen LogP contribution in [0.25, 0.3) is 0 Å². The van der Waals surface area contributed by atoms with E-state index in [1.165, 1.54) is 19.1 Å². The lowest BCUT2D eigenvalue weighted by atomic mass is 10.1. The van der Waals surface area contributed by atoms with E-state index in [0.29, 0.717) is 0 Å². The van der Waals surface area contributed by atoms with E-state index in [0.717, 1.165) is 0 Å². The zero-order valence-electron chi connectivity index (χ0n) is 6.43. The van der Waals surface area contributed by atoms with Crippen molar-refractivity contribution in [1.29, 1.82) is 0 Å². The second-order valence-electron chi connectivity index (χ2n) is 3.01. The highest BCUT2D eigenvalue weighted by Gasteiger charge is 2.13. The van der Waals surface area contributed by atoms with E-state index in [1.54, 1.807) is 13.8 Å². The van der Waals surface area contributed by atoms with Gasteiger partial charge in [0, 0.05) is 0 Å². The summed E-state index contributed by atoms with van der Waals surface area (Å²) < 4.78 is 0. The van der Waals surface area contributed by atoms with Gasteiger partial charge >= 0.3 is 0 Å². The quantitative estimate of drug-likeness (QED) is 0.477. The molecule has 0 aromatic carbocycles. The third kappa shape index (κ3) is 7.95. The lowest BCUT2D eigenvalue weighted by Crippen LogP contribution is -2.18. The lowest BCUT2D eigenvalue weighted by molar-refractivity contribution is 0.129. The Morgan fingerprint density at radius 2 is 1.50 bits per heavy atom. The molecule has 0 heterocycles. The second kappa shape index (κ2) is 2.91. The summed E-state index contributed by atoms with van der Waals surface area (Å²) >= 11 is 5.40. The van der Waals surface area contributed by atoms with Crippen LogP contribution in [0, 0.1) is 0 Å². The van der Waals surface area contributed by atoms with Gasteiger partial charge in [-0.05, 0) is 26.8 Å². The van der Waals surface area contributed by atoms with Gasteiger partial charge in [0.2, 0.25) is 0 Å². The SMILES string of the molecule is CC(C)(O)C=CC(C)(O)Cl. The molecule has 0 aliphatic carbocycles. The molecule has 0 saturated heterocycles. The van der Waals surface area contributed by atoms with Crippen molar-refractivity contribution in [2.45, 2.75) is 31.4 Å². The van der Waals surface area contributed by atoms with Gasteiger partial charge < -0.3 is 10.2 Å². The summed E-state index contributed by atoms with van der Waals surface area (Å²) in [4.78, 5) is 0. The number of rotatable bonds is 2. The highest BCUT2D eigenvalue weighted by atomic mass is 35.5. The van der Waals surface area contributed by atoms with Gasteiger partial charge in [-0.2, -0.15) is 0 Å². The van der Waals surface area contributed by atoms with E-state index in [9.17, 15) is 0 Å². The van der Waals surface area contributed by atoms with Gasteiger partial charge in [-0.15, -0.1) is 0 Å². The number of hydrogen-bond donors (Lipinski definition) is 2. The lowest BCUT2D eigenvalue weighted by Gasteiger charge is -2.13. The van der Waals surface area contributed by atoms with Crippen molar-refractivity contribution < 1.29 is 10.2 Å². The third-order valence-corrected chi connectivity index (χ3v) is 0.921. The minimum Gasteiger partial charge on any atom is -0.386 e. The van der Waals surface area contributed by atoms with Gasteiger partial charge in [-0.25, -0.2) is 0 Å². The Bertz CT molecular complexity index is 112. The molecule has 0 amide bonds. The highest BCUT2D eigenvalue weighted by Crippen LogP contribution is 2.13. The number of halogens is 1. The van der Waals surface area contributed by atoms with Crippen LogP contribution in [-0.4, -0.2) is 20.9 Å². The van der Waals surface area contributed by atoms with E-state index >= 15 is 0 Å². The Labute approximate surface area is 66.1 Å². The maximum atomic E-state index is 9.12. The predicted molar refractivity (Wildman–Crippen MR) is 41.9 cm³/mol. The second-order valence-corrected chi connectivity index (χ2v) is 3.78. The van der Waals surface area contributed by atoms with Crippen molar-refractivity contribution in [3.63, 3.8) is 0 Å². The van der Waals surface area contributed by atoms with Crippen LogP contribution in [0.1, 0.15) is 20.8 Å². The van der Waals surface area contributed by atoms with E-state index in [1.807, 2.05) is 0 Å². The van der Waals surface area contributed by atoms with Crippen LogP contribution in [0.2, 0.25) is 0 Å². The largest absolute Gasteiger partial charge is 0.386 e. The van der Waals surface area contributed by atoms with Crippen molar-refractivity contribution in [2.24, 2.45) is 0 Å². The molecule has 0 bridgehead atoms. The maximum absolute atomic E-state index is 9.12. The number of aliphatic hydroxyl groups is 2. The first-order chi connectivity index (χ1) is 4.21. The number of alkyl halides is 1. The molecule has 60 valence electrons. The van der Waals surface area contributed by atoms with Gasteiger partial charge in [-0.3, -0.25) is 0 Å². The molecule has 0 aromatic heterocycles. The zero-order chi connectivity index (χ0) is 8.41. The molecule has 1 atom stereocenters. The van der Waals surface area contributed by atoms with Crippen molar-refractivity contribution in [2.75, 3.05) is 0 Å². The maximum Gasteiger partial charge on any atom is 0.154 e. The van der Waals surface area contributed by atoms with Crippen molar-refractivity contribution in [3.8, 4) is 0 Å². The molecule has 0 rings (SSSR count). The van der Waals surface area contributed by atoms with E-state index in [2.05, 4.69) is 0 Å². The topological polar surface area (TPSA) is 40.5 Å². The van der Waals surface area contributed by atoms with Crippen LogP contribution < -0.4 is 0 Å². The summed E-state index contributed by atoms with van der Waals surface area (Å²) in [7, 11) is 0. The molecule has 10 heavy (non-hydrogen) atoms. The molecule has 0 spiro atoms. The molecule has 2 nitrogen and oxygen atoms in total. The molecule has 0 fully saturated rings. The van der Waals surface area contributed by atoms with Crippen LogP contribution in [-0.2, 0) is 0 Å². The summed E-state index contributed by atoms with van der Waals surface area (Å²) in [5.74, 6) is 0. The third-order valence-electron chi connectivity index (χ3n) is 0.795. The summed E-state index contributed by atoms with van der Waals surface area (Å²) in [6.07, 6.45) is 2.79. The smallest absolute Gasteiger partial charge is 0.154 e.